The van der Waals surface area contributed by atoms with Gasteiger partial charge in [-0.2, -0.15) is 11.8 Å². The van der Waals surface area contributed by atoms with Crippen LogP contribution in [0, 0.1) is 5.82 Å². The minimum absolute atomic E-state index is 0.0646. The number of halogens is 1. The Labute approximate surface area is 139 Å². The van der Waals surface area contributed by atoms with Crippen molar-refractivity contribution in [2.75, 3.05) is 24.6 Å². The average Bonchev–Trinajstić information content (AvgIpc) is 2.84. The highest BCUT2D eigenvalue weighted by Gasteiger charge is 2.16. The number of aromatic nitrogens is 2. The van der Waals surface area contributed by atoms with Gasteiger partial charge in [0.15, 0.2) is 0 Å². The molecule has 1 aliphatic heterocycles. The lowest BCUT2D eigenvalue weighted by Crippen LogP contribution is -2.41. The van der Waals surface area contributed by atoms with Gasteiger partial charge in [-0.15, -0.1) is 0 Å². The van der Waals surface area contributed by atoms with Crippen LogP contribution in [0.25, 0.3) is 11.0 Å². The van der Waals surface area contributed by atoms with E-state index < -0.39 is 0 Å². The van der Waals surface area contributed by atoms with Crippen molar-refractivity contribution < 1.29 is 9.18 Å². The second-order valence-electron chi connectivity index (χ2n) is 5.75. The van der Waals surface area contributed by atoms with Crippen LogP contribution in [0.4, 0.5) is 4.39 Å². The van der Waals surface area contributed by atoms with Gasteiger partial charge in [-0.25, -0.2) is 9.37 Å². The van der Waals surface area contributed by atoms with Gasteiger partial charge in [0.25, 0.3) is 0 Å². The molecular formula is C16H21FN4OS. The number of thioether (sulfide) groups is 1. The summed E-state index contributed by atoms with van der Waals surface area (Å²) in [5.74, 6) is 2.73. The molecule has 1 saturated heterocycles. The van der Waals surface area contributed by atoms with Gasteiger partial charge in [0.2, 0.25) is 5.91 Å². The van der Waals surface area contributed by atoms with Crippen LogP contribution >= 0.6 is 11.8 Å². The van der Waals surface area contributed by atoms with Gasteiger partial charge in [0.1, 0.15) is 11.6 Å². The maximum absolute atomic E-state index is 13.2. The van der Waals surface area contributed by atoms with Gasteiger partial charge in [-0.1, -0.05) is 0 Å². The summed E-state index contributed by atoms with van der Waals surface area (Å²) in [4.78, 5) is 16.4. The highest BCUT2D eigenvalue weighted by molar-refractivity contribution is 7.99. The van der Waals surface area contributed by atoms with Gasteiger partial charge >= 0.3 is 0 Å². The van der Waals surface area contributed by atoms with Crippen molar-refractivity contribution in [3.8, 4) is 0 Å². The molecule has 124 valence electrons. The lowest BCUT2D eigenvalue weighted by molar-refractivity contribution is -0.121. The third kappa shape index (κ3) is 4.03. The van der Waals surface area contributed by atoms with E-state index in [1.54, 1.807) is 6.07 Å². The van der Waals surface area contributed by atoms with Crippen LogP contribution in [0.2, 0.25) is 0 Å². The normalized spacial score (nSPS) is 18.3. The van der Waals surface area contributed by atoms with E-state index in [4.69, 9.17) is 0 Å². The molecule has 0 aliphatic carbocycles. The number of benzene rings is 1. The zero-order valence-corrected chi connectivity index (χ0v) is 14.0. The van der Waals surface area contributed by atoms with Crippen LogP contribution in [0.3, 0.4) is 0 Å². The maximum Gasteiger partial charge on any atom is 0.221 e. The fourth-order valence-electron chi connectivity index (χ4n) is 2.81. The molecule has 5 nitrogen and oxygen atoms in total. The lowest BCUT2D eigenvalue weighted by Gasteiger charge is -2.22. The van der Waals surface area contributed by atoms with Gasteiger partial charge in [0, 0.05) is 56.6 Å². The number of rotatable bonds is 5. The van der Waals surface area contributed by atoms with Crippen molar-refractivity contribution in [1.29, 1.82) is 0 Å². The minimum Gasteiger partial charge on any atom is -0.356 e. The number of aryl methyl sites for hydroxylation is 1. The number of carbonyl (C=O) groups excluding carboxylic acids is 1. The highest BCUT2D eigenvalue weighted by atomic mass is 32.2. The number of hydrogen-bond donors (Lipinski definition) is 2. The Bertz CT molecular complexity index is 697. The van der Waals surface area contributed by atoms with Crippen LogP contribution in [-0.2, 0) is 18.3 Å². The molecule has 2 heterocycles. The fourth-order valence-corrected chi connectivity index (χ4v) is 3.76. The van der Waals surface area contributed by atoms with E-state index >= 15 is 0 Å². The van der Waals surface area contributed by atoms with Crippen molar-refractivity contribution in [2.45, 2.75) is 18.9 Å². The van der Waals surface area contributed by atoms with Crippen molar-refractivity contribution in [2.24, 2.45) is 7.05 Å². The van der Waals surface area contributed by atoms with Gasteiger partial charge < -0.3 is 15.2 Å². The number of nitrogens with zero attached hydrogens (tertiary/aromatic N) is 2. The van der Waals surface area contributed by atoms with E-state index in [1.807, 2.05) is 23.4 Å². The topological polar surface area (TPSA) is 59.0 Å². The van der Waals surface area contributed by atoms with E-state index in [0.29, 0.717) is 24.9 Å². The summed E-state index contributed by atoms with van der Waals surface area (Å²) in [5, 5.41) is 6.30. The summed E-state index contributed by atoms with van der Waals surface area (Å²) in [7, 11) is 1.91. The number of fused-ring (bicyclic) bond motifs is 1. The molecule has 23 heavy (non-hydrogen) atoms. The number of hydrogen-bond acceptors (Lipinski definition) is 4. The Balaban J connectivity index is 1.52. The van der Waals surface area contributed by atoms with Gasteiger partial charge in [-0.3, -0.25) is 4.79 Å². The first-order valence-electron chi connectivity index (χ1n) is 7.82. The van der Waals surface area contributed by atoms with Gasteiger partial charge in [0.05, 0.1) is 11.0 Å². The second kappa shape index (κ2) is 7.31. The molecule has 1 aromatic carbocycles. The zero-order valence-electron chi connectivity index (χ0n) is 13.1. The van der Waals surface area contributed by atoms with Crippen LogP contribution < -0.4 is 10.6 Å². The largest absolute Gasteiger partial charge is 0.356 e. The predicted octanol–water partition coefficient (Wildman–Crippen LogP) is 1.47. The molecule has 1 aliphatic rings. The smallest absolute Gasteiger partial charge is 0.221 e. The summed E-state index contributed by atoms with van der Waals surface area (Å²) in [6, 6.07) is 4.87. The van der Waals surface area contributed by atoms with Crippen molar-refractivity contribution in [3.63, 3.8) is 0 Å². The minimum atomic E-state index is -0.284. The lowest BCUT2D eigenvalue weighted by atomic mass is 10.2. The van der Waals surface area contributed by atoms with Crippen LogP contribution in [0.1, 0.15) is 12.2 Å². The molecule has 2 N–H and O–H groups in total. The summed E-state index contributed by atoms with van der Waals surface area (Å²) < 4.78 is 15.2. The first-order valence-corrected chi connectivity index (χ1v) is 8.97. The van der Waals surface area contributed by atoms with E-state index in [9.17, 15) is 9.18 Å². The predicted molar refractivity (Wildman–Crippen MR) is 91.1 cm³/mol. The molecule has 1 fully saturated rings. The fraction of sp³-hybridized carbons (Fsp3) is 0.500. The molecule has 0 radical (unpaired) electrons. The Kier molecular flexibility index (Phi) is 5.17. The first-order chi connectivity index (χ1) is 11.1. The van der Waals surface area contributed by atoms with Crippen molar-refractivity contribution >= 4 is 28.7 Å². The molecule has 2 aromatic rings. The third-order valence-corrected chi connectivity index (χ3v) is 5.17. The standard InChI is InChI=1S/C16H21FN4OS/c1-21-14-3-2-11(17)8-13(14)20-15(21)4-5-19-16(22)9-12-10-23-7-6-18-12/h2-3,8,12,18H,4-7,9-10H2,1H3,(H,19,22). The summed E-state index contributed by atoms with van der Waals surface area (Å²) in [6.07, 6.45) is 1.14. The molecule has 0 bridgehead atoms. The maximum atomic E-state index is 13.2. The van der Waals surface area contributed by atoms with E-state index in [2.05, 4.69) is 15.6 Å². The molecule has 1 amide bonds. The molecule has 1 unspecified atom stereocenters. The molecular weight excluding hydrogens is 315 g/mol. The first kappa shape index (κ1) is 16.3. The zero-order chi connectivity index (χ0) is 16.2. The number of carbonyl (C=O) groups is 1. The third-order valence-electron chi connectivity index (χ3n) is 4.04. The quantitative estimate of drug-likeness (QED) is 0.868. The number of nitrogens with one attached hydrogen (secondary N) is 2. The van der Waals surface area contributed by atoms with Crippen LogP contribution in [0.15, 0.2) is 18.2 Å². The summed E-state index contributed by atoms with van der Waals surface area (Å²) >= 11 is 1.88. The number of amides is 1. The molecule has 1 aromatic heterocycles. The van der Waals surface area contributed by atoms with Crippen molar-refractivity contribution in [3.05, 3.63) is 29.8 Å². The second-order valence-corrected chi connectivity index (χ2v) is 6.90. The monoisotopic (exact) mass is 336 g/mol. The molecule has 3 rings (SSSR count). The molecule has 7 heteroatoms. The molecule has 0 spiro atoms. The Hall–Kier alpha value is -1.60. The summed E-state index contributed by atoms with van der Waals surface area (Å²) in [6.45, 7) is 1.51. The average molecular weight is 336 g/mol. The highest BCUT2D eigenvalue weighted by Crippen LogP contribution is 2.16. The Morgan fingerprint density at radius 2 is 2.43 bits per heavy atom. The number of imidazole rings is 1. The van der Waals surface area contributed by atoms with Crippen LogP contribution in [0.5, 0.6) is 0 Å². The van der Waals surface area contributed by atoms with Crippen LogP contribution in [-0.4, -0.2) is 46.1 Å². The molecule has 1 atom stereocenters. The van der Waals surface area contributed by atoms with E-state index in [-0.39, 0.29) is 17.8 Å². The Morgan fingerprint density at radius 1 is 1.57 bits per heavy atom. The Morgan fingerprint density at radius 3 is 3.22 bits per heavy atom. The SMILES string of the molecule is Cn1c(CCNC(=O)CC2CSCCN2)nc2cc(F)ccc21. The van der Waals surface area contributed by atoms with Gasteiger partial charge in [-0.05, 0) is 12.1 Å². The van der Waals surface area contributed by atoms with E-state index in [0.717, 1.165) is 29.4 Å². The van der Waals surface area contributed by atoms with E-state index in [1.165, 1.54) is 12.1 Å². The molecule has 0 saturated carbocycles. The summed E-state index contributed by atoms with van der Waals surface area (Å²) in [5.41, 5.74) is 1.55. The van der Waals surface area contributed by atoms with Crippen molar-refractivity contribution in [1.82, 2.24) is 20.2 Å².